The second-order valence-corrected chi connectivity index (χ2v) is 9.62. The molecule has 1 spiro atoms. The molecule has 0 bridgehead atoms. The molecular weight excluding hydrogens is 483 g/mol. The molecule has 10 heteroatoms. The number of nitrogens with zero attached hydrogens (tertiary/aromatic N) is 5. The van der Waals surface area contributed by atoms with Gasteiger partial charge < -0.3 is 14.5 Å². The molecule has 1 atom stereocenters. The first-order chi connectivity index (χ1) is 17.9. The van der Waals surface area contributed by atoms with Gasteiger partial charge in [0.15, 0.2) is 17.7 Å². The van der Waals surface area contributed by atoms with Gasteiger partial charge in [-0.25, -0.2) is 13.8 Å². The van der Waals surface area contributed by atoms with Gasteiger partial charge in [0.1, 0.15) is 0 Å². The number of likely N-dealkylation sites (N-methyl/N-ethyl adjacent to an activating group) is 1. The summed E-state index contributed by atoms with van der Waals surface area (Å²) >= 11 is 0. The number of benzene rings is 1. The van der Waals surface area contributed by atoms with E-state index in [0.717, 1.165) is 62.2 Å². The summed E-state index contributed by atoms with van der Waals surface area (Å²) in [6.45, 7) is 5.81. The summed E-state index contributed by atoms with van der Waals surface area (Å²) in [7, 11) is 0. The Morgan fingerprint density at radius 1 is 1.19 bits per heavy atom. The molecule has 1 aromatic carbocycles. The van der Waals surface area contributed by atoms with E-state index in [4.69, 9.17) is 4.74 Å². The average molecular weight is 514 g/mol. The zero-order valence-electron chi connectivity index (χ0n) is 20.7. The van der Waals surface area contributed by atoms with E-state index in [9.17, 15) is 18.0 Å². The van der Waals surface area contributed by atoms with Gasteiger partial charge in [-0.15, -0.1) is 0 Å². The first-order valence-corrected chi connectivity index (χ1v) is 12.6. The molecule has 0 radical (unpaired) electrons. The maximum absolute atomic E-state index is 14.0. The van der Waals surface area contributed by atoms with Crippen LogP contribution in [-0.4, -0.2) is 63.2 Å². The Hall–Kier alpha value is -3.24. The Morgan fingerprint density at radius 2 is 2.00 bits per heavy atom. The van der Waals surface area contributed by atoms with E-state index in [1.54, 1.807) is 29.6 Å². The quantitative estimate of drug-likeness (QED) is 0.426. The van der Waals surface area contributed by atoms with Crippen molar-refractivity contribution in [2.45, 2.75) is 44.4 Å². The van der Waals surface area contributed by atoms with Crippen molar-refractivity contribution in [2.75, 3.05) is 32.7 Å². The van der Waals surface area contributed by atoms with Gasteiger partial charge in [0.05, 0.1) is 12.2 Å². The van der Waals surface area contributed by atoms with E-state index in [1.807, 2.05) is 6.92 Å². The monoisotopic (exact) mass is 513 g/mol. The normalized spacial score (nSPS) is 17.6. The Balaban J connectivity index is 1.19. The molecule has 5 rings (SSSR count). The second kappa shape index (κ2) is 10.6. The Morgan fingerprint density at radius 3 is 2.70 bits per heavy atom. The van der Waals surface area contributed by atoms with Gasteiger partial charge in [-0.1, -0.05) is 6.07 Å². The number of halogens is 3. The second-order valence-electron chi connectivity index (χ2n) is 9.62. The summed E-state index contributed by atoms with van der Waals surface area (Å²) in [6, 6.07) is 5.80. The first-order valence-electron chi connectivity index (χ1n) is 12.6. The first kappa shape index (κ1) is 25.4. The van der Waals surface area contributed by atoms with Crippen molar-refractivity contribution in [2.24, 2.45) is 0 Å². The Kier molecular flexibility index (Phi) is 7.30. The number of ether oxygens (including phenoxy) is 1. The molecule has 2 aliphatic heterocycles. The van der Waals surface area contributed by atoms with Crippen LogP contribution in [0, 0.1) is 17.6 Å². The number of hydrogen-bond donors (Lipinski definition) is 0. The van der Waals surface area contributed by atoms with Crippen molar-refractivity contribution >= 4 is 5.91 Å². The lowest BCUT2D eigenvalue weighted by molar-refractivity contribution is -0.133. The van der Waals surface area contributed by atoms with Gasteiger partial charge in [0.2, 0.25) is 5.95 Å². The summed E-state index contributed by atoms with van der Waals surface area (Å²) in [5.74, 6) is -2.65. The molecule has 2 aromatic heterocycles. The predicted molar refractivity (Wildman–Crippen MR) is 130 cm³/mol. The zero-order valence-corrected chi connectivity index (χ0v) is 20.7. The minimum atomic E-state index is -0.997. The van der Waals surface area contributed by atoms with Crippen molar-refractivity contribution in [3.8, 4) is 0 Å². The molecular formula is C27H30F3N5O2. The lowest BCUT2D eigenvalue weighted by atomic mass is 9.84. The van der Waals surface area contributed by atoms with Gasteiger partial charge in [0.25, 0.3) is 5.91 Å². The van der Waals surface area contributed by atoms with Crippen molar-refractivity contribution in [1.29, 1.82) is 0 Å². The third-order valence-electron chi connectivity index (χ3n) is 7.49. The standard InChI is InChI=1S/C27H30F3N5O2/c1-2-34(26(36)25(35-12-3-9-32-35)19-5-6-22(28)23(29)15-19)11-4-10-33-13-7-27(8-14-33)21-17-31-24(30)16-20(21)18-37-27/h3,5-6,9,12,15-17,25H,2,4,7-8,10-11,13-14,18H2,1H3. The van der Waals surface area contributed by atoms with E-state index < -0.39 is 23.6 Å². The number of aromatic nitrogens is 3. The molecule has 0 N–H and O–H groups in total. The van der Waals surface area contributed by atoms with Gasteiger partial charge in [0, 0.05) is 50.3 Å². The van der Waals surface area contributed by atoms with E-state index in [1.165, 1.54) is 16.8 Å². The fraction of sp³-hybridized carbons (Fsp3) is 0.444. The molecule has 1 saturated heterocycles. The third kappa shape index (κ3) is 5.13. The summed E-state index contributed by atoms with van der Waals surface area (Å²) in [6.07, 6.45) is 7.19. The minimum Gasteiger partial charge on any atom is -0.365 e. The van der Waals surface area contributed by atoms with Crippen LogP contribution in [0.25, 0.3) is 0 Å². The maximum Gasteiger partial charge on any atom is 0.252 e. The molecule has 3 aromatic rings. The molecule has 1 fully saturated rings. The maximum atomic E-state index is 14.0. The van der Waals surface area contributed by atoms with Gasteiger partial charge in [-0.3, -0.25) is 9.48 Å². The fourth-order valence-corrected chi connectivity index (χ4v) is 5.45. The van der Waals surface area contributed by atoms with Crippen molar-refractivity contribution in [3.05, 3.63) is 83.2 Å². The Bertz CT molecular complexity index is 1240. The highest BCUT2D eigenvalue weighted by Gasteiger charge is 2.43. The fourth-order valence-electron chi connectivity index (χ4n) is 5.45. The van der Waals surface area contributed by atoms with Gasteiger partial charge in [-0.05, 0) is 68.1 Å². The number of pyridine rings is 1. The SMILES string of the molecule is CCN(CCCN1CCC2(CC1)OCc1cc(F)ncc12)C(=O)C(c1ccc(F)c(F)c1)n1cccn1. The van der Waals surface area contributed by atoms with Gasteiger partial charge in [-0.2, -0.15) is 9.49 Å². The highest BCUT2D eigenvalue weighted by molar-refractivity contribution is 5.83. The zero-order chi connectivity index (χ0) is 26.0. The van der Waals surface area contributed by atoms with Crippen LogP contribution in [0.5, 0.6) is 0 Å². The Labute approximate surface area is 213 Å². The molecule has 0 saturated carbocycles. The summed E-state index contributed by atoms with van der Waals surface area (Å²) in [4.78, 5) is 21.5. The number of hydrogen-bond acceptors (Lipinski definition) is 5. The number of carbonyl (C=O) groups is 1. The minimum absolute atomic E-state index is 0.217. The van der Waals surface area contributed by atoms with Crippen molar-refractivity contribution in [3.63, 3.8) is 0 Å². The average Bonchev–Trinajstić information content (AvgIpc) is 3.54. The number of rotatable bonds is 8. The molecule has 1 amide bonds. The van der Waals surface area contributed by atoms with Crippen molar-refractivity contribution in [1.82, 2.24) is 24.6 Å². The molecule has 0 aliphatic carbocycles. The number of amides is 1. The third-order valence-corrected chi connectivity index (χ3v) is 7.49. The number of piperidine rings is 1. The van der Waals surface area contributed by atoms with Crippen LogP contribution in [0.15, 0.2) is 48.9 Å². The molecule has 2 aliphatic rings. The van der Waals surface area contributed by atoms with Crippen LogP contribution in [0.4, 0.5) is 13.2 Å². The topological polar surface area (TPSA) is 63.5 Å². The van der Waals surface area contributed by atoms with Crippen LogP contribution >= 0.6 is 0 Å². The van der Waals surface area contributed by atoms with E-state index in [-0.39, 0.29) is 11.5 Å². The summed E-state index contributed by atoms with van der Waals surface area (Å²) in [5, 5.41) is 4.20. The summed E-state index contributed by atoms with van der Waals surface area (Å²) < 4.78 is 48.6. The molecule has 37 heavy (non-hydrogen) atoms. The largest absolute Gasteiger partial charge is 0.365 e. The number of carbonyl (C=O) groups excluding carboxylic acids is 1. The van der Waals surface area contributed by atoms with E-state index in [2.05, 4.69) is 15.0 Å². The van der Waals surface area contributed by atoms with Crippen molar-refractivity contribution < 1.29 is 22.7 Å². The highest BCUT2D eigenvalue weighted by atomic mass is 19.2. The van der Waals surface area contributed by atoms with Gasteiger partial charge >= 0.3 is 0 Å². The lowest BCUT2D eigenvalue weighted by Gasteiger charge is -2.39. The number of fused-ring (bicyclic) bond motifs is 2. The summed E-state index contributed by atoms with van der Waals surface area (Å²) in [5.41, 5.74) is 1.84. The molecule has 7 nitrogen and oxygen atoms in total. The molecule has 1 unspecified atom stereocenters. The van der Waals surface area contributed by atoms with Crippen LogP contribution in [0.3, 0.4) is 0 Å². The van der Waals surface area contributed by atoms with Crippen LogP contribution < -0.4 is 0 Å². The van der Waals surface area contributed by atoms with E-state index in [0.29, 0.717) is 25.3 Å². The smallest absolute Gasteiger partial charge is 0.252 e. The lowest BCUT2D eigenvalue weighted by Crippen LogP contribution is -2.44. The molecule has 4 heterocycles. The van der Waals surface area contributed by atoms with Crippen LogP contribution in [0.2, 0.25) is 0 Å². The predicted octanol–water partition coefficient (Wildman–Crippen LogP) is 4.04. The van der Waals surface area contributed by atoms with Crippen LogP contribution in [-0.2, 0) is 21.7 Å². The number of likely N-dealkylation sites (tertiary alicyclic amines) is 1. The highest BCUT2D eigenvalue weighted by Crippen LogP contribution is 2.43. The molecule has 196 valence electrons. The van der Waals surface area contributed by atoms with Crippen LogP contribution in [0.1, 0.15) is 48.9 Å². The van der Waals surface area contributed by atoms with E-state index >= 15 is 0 Å².